The summed E-state index contributed by atoms with van der Waals surface area (Å²) in [5.41, 5.74) is 1.12. The van der Waals surface area contributed by atoms with E-state index >= 15 is 0 Å². The molecule has 2 heterocycles. The van der Waals surface area contributed by atoms with Crippen molar-refractivity contribution in [2.75, 3.05) is 0 Å². The van der Waals surface area contributed by atoms with Gasteiger partial charge in [0.2, 0.25) is 11.6 Å². The fraction of sp³-hybridized carbons (Fsp3) is 0. The molecular formula is C18H9ClFN3O2. The van der Waals surface area contributed by atoms with Gasteiger partial charge in [0.25, 0.3) is 0 Å². The predicted octanol–water partition coefficient (Wildman–Crippen LogP) is 3.64. The van der Waals surface area contributed by atoms with Crippen LogP contribution >= 0.6 is 11.6 Å². The number of Topliss-reactive ketones (excluding diaryl/α,β-unsaturated/α-hetero) is 2. The van der Waals surface area contributed by atoms with Crippen molar-refractivity contribution < 1.29 is 14.0 Å². The number of pyridine rings is 1. The lowest BCUT2D eigenvalue weighted by atomic mass is 9.92. The second kappa shape index (κ2) is 5.75. The fourth-order valence-corrected chi connectivity index (χ4v) is 2.95. The van der Waals surface area contributed by atoms with Gasteiger partial charge in [0, 0.05) is 18.0 Å². The number of halogens is 2. The SMILES string of the molecule is O=C1C(c2ccc(F)cc2)=C(Cl)C(=O)c2[nH]c(-c3ccncc3)nc21. The highest BCUT2D eigenvalue weighted by molar-refractivity contribution is 6.56. The van der Waals surface area contributed by atoms with E-state index in [4.69, 9.17) is 11.6 Å². The lowest BCUT2D eigenvalue weighted by Crippen LogP contribution is -2.19. The Labute approximate surface area is 146 Å². The van der Waals surface area contributed by atoms with E-state index in [0.29, 0.717) is 17.0 Å². The molecule has 5 nitrogen and oxygen atoms in total. The van der Waals surface area contributed by atoms with Crippen molar-refractivity contribution in [1.82, 2.24) is 15.0 Å². The van der Waals surface area contributed by atoms with Crippen LogP contribution < -0.4 is 0 Å². The normalized spacial score (nSPS) is 14.0. The smallest absolute Gasteiger partial charge is 0.223 e. The van der Waals surface area contributed by atoms with Crippen LogP contribution in [-0.2, 0) is 0 Å². The Hall–Kier alpha value is -3.12. The van der Waals surface area contributed by atoms with Gasteiger partial charge in [0.15, 0.2) is 0 Å². The van der Waals surface area contributed by atoms with Crippen LogP contribution in [-0.4, -0.2) is 26.5 Å². The van der Waals surface area contributed by atoms with Gasteiger partial charge in [-0.2, -0.15) is 0 Å². The number of carbonyl (C=O) groups excluding carboxylic acids is 2. The van der Waals surface area contributed by atoms with Gasteiger partial charge >= 0.3 is 0 Å². The number of imidazole rings is 1. The first kappa shape index (κ1) is 15.4. The second-order valence-electron chi connectivity index (χ2n) is 5.40. The number of fused-ring (bicyclic) bond motifs is 1. The maximum atomic E-state index is 13.1. The topological polar surface area (TPSA) is 75.7 Å². The molecule has 0 aliphatic heterocycles. The highest BCUT2D eigenvalue weighted by Gasteiger charge is 2.35. The van der Waals surface area contributed by atoms with Gasteiger partial charge in [-0.1, -0.05) is 23.7 Å². The van der Waals surface area contributed by atoms with E-state index in [2.05, 4.69) is 15.0 Å². The number of H-pyrrole nitrogens is 1. The Bertz CT molecular complexity index is 1040. The molecule has 0 bridgehead atoms. The van der Waals surface area contributed by atoms with Crippen molar-refractivity contribution in [1.29, 1.82) is 0 Å². The summed E-state index contributed by atoms with van der Waals surface area (Å²) in [4.78, 5) is 36.4. The van der Waals surface area contributed by atoms with Crippen molar-refractivity contribution in [3.63, 3.8) is 0 Å². The van der Waals surface area contributed by atoms with Gasteiger partial charge in [-0.3, -0.25) is 14.6 Å². The zero-order chi connectivity index (χ0) is 17.6. The predicted molar refractivity (Wildman–Crippen MR) is 89.7 cm³/mol. The molecule has 1 aromatic carbocycles. The third-order valence-electron chi connectivity index (χ3n) is 3.88. The maximum absolute atomic E-state index is 13.1. The summed E-state index contributed by atoms with van der Waals surface area (Å²) in [5, 5.41) is -0.214. The molecule has 0 fully saturated rings. The Morgan fingerprint density at radius 1 is 0.920 bits per heavy atom. The van der Waals surface area contributed by atoms with Crippen molar-refractivity contribution >= 4 is 28.7 Å². The van der Waals surface area contributed by atoms with E-state index in [1.807, 2.05) is 0 Å². The van der Waals surface area contributed by atoms with E-state index in [-0.39, 0.29) is 22.0 Å². The number of benzene rings is 1. The van der Waals surface area contributed by atoms with Crippen LogP contribution in [0.1, 0.15) is 26.5 Å². The number of aromatic nitrogens is 3. The third-order valence-corrected chi connectivity index (χ3v) is 4.24. The Kier molecular flexibility index (Phi) is 3.54. The summed E-state index contributed by atoms with van der Waals surface area (Å²) in [7, 11) is 0. The number of hydrogen-bond donors (Lipinski definition) is 1. The van der Waals surface area contributed by atoms with Crippen LogP contribution in [0.3, 0.4) is 0 Å². The molecule has 0 amide bonds. The molecule has 0 atom stereocenters. The monoisotopic (exact) mass is 353 g/mol. The molecule has 25 heavy (non-hydrogen) atoms. The van der Waals surface area contributed by atoms with Gasteiger partial charge in [-0.15, -0.1) is 0 Å². The first-order chi connectivity index (χ1) is 12.1. The molecule has 0 radical (unpaired) electrons. The number of carbonyl (C=O) groups is 2. The molecule has 7 heteroatoms. The molecule has 4 rings (SSSR count). The fourth-order valence-electron chi connectivity index (χ4n) is 2.66. The van der Waals surface area contributed by atoms with Crippen LogP contribution in [0.4, 0.5) is 4.39 Å². The van der Waals surface area contributed by atoms with Crippen LogP contribution in [0, 0.1) is 5.82 Å². The largest absolute Gasteiger partial charge is 0.335 e. The van der Waals surface area contributed by atoms with Gasteiger partial charge < -0.3 is 4.98 Å². The van der Waals surface area contributed by atoms with Crippen molar-refractivity contribution in [3.8, 4) is 11.4 Å². The van der Waals surface area contributed by atoms with Crippen molar-refractivity contribution in [2.24, 2.45) is 0 Å². The van der Waals surface area contributed by atoms with Crippen molar-refractivity contribution in [2.45, 2.75) is 0 Å². The summed E-state index contributed by atoms with van der Waals surface area (Å²) in [6, 6.07) is 8.61. The molecule has 122 valence electrons. The molecule has 0 spiro atoms. The van der Waals surface area contributed by atoms with Gasteiger partial charge in [-0.05, 0) is 29.8 Å². The summed E-state index contributed by atoms with van der Waals surface area (Å²) in [6.45, 7) is 0. The Morgan fingerprint density at radius 2 is 1.60 bits per heavy atom. The molecule has 1 aliphatic carbocycles. The minimum absolute atomic E-state index is 0.000497. The zero-order valence-electron chi connectivity index (χ0n) is 12.6. The van der Waals surface area contributed by atoms with E-state index in [9.17, 15) is 14.0 Å². The maximum Gasteiger partial charge on any atom is 0.223 e. The minimum atomic E-state index is -0.525. The molecule has 3 aromatic rings. The quantitative estimate of drug-likeness (QED) is 0.763. The molecule has 1 N–H and O–H groups in total. The van der Waals surface area contributed by atoms with Gasteiger partial charge in [-0.25, -0.2) is 9.37 Å². The second-order valence-corrected chi connectivity index (χ2v) is 5.78. The summed E-state index contributed by atoms with van der Waals surface area (Å²) >= 11 is 6.14. The summed E-state index contributed by atoms with van der Waals surface area (Å²) in [6.07, 6.45) is 3.16. The average molecular weight is 354 g/mol. The van der Waals surface area contributed by atoms with Crippen LogP contribution in [0.5, 0.6) is 0 Å². The number of rotatable bonds is 2. The van der Waals surface area contributed by atoms with Crippen LogP contribution in [0.25, 0.3) is 17.0 Å². The minimum Gasteiger partial charge on any atom is -0.335 e. The number of hydrogen-bond acceptors (Lipinski definition) is 4. The Balaban J connectivity index is 1.84. The summed E-state index contributed by atoms with van der Waals surface area (Å²) < 4.78 is 13.1. The highest BCUT2D eigenvalue weighted by Crippen LogP contribution is 2.34. The molecule has 1 aliphatic rings. The first-order valence-electron chi connectivity index (χ1n) is 7.32. The van der Waals surface area contributed by atoms with E-state index < -0.39 is 17.4 Å². The molecule has 2 aromatic heterocycles. The molecule has 0 saturated carbocycles. The molecule has 0 saturated heterocycles. The number of aromatic amines is 1. The van der Waals surface area contributed by atoms with Gasteiger partial charge in [0.05, 0.1) is 5.57 Å². The standard InChI is InChI=1S/C18H9ClFN3O2/c19-13-12(9-1-3-11(20)4-2-9)16(24)14-15(17(13)25)23-18(22-14)10-5-7-21-8-6-10/h1-8H,(H,22,23). The van der Waals surface area contributed by atoms with E-state index in [0.717, 1.165) is 0 Å². The summed E-state index contributed by atoms with van der Waals surface area (Å²) in [5.74, 6) is -1.08. The third kappa shape index (κ3) is 2.47. The van der Waals surface area contributed by atoms with E-state index in [1.54, 1.807) is 24.5 Å². The lowest BCUT2D eigenvalue weighted by Gasteiger charge is -2.13. The van der Waals surface area contributed by atoms with Crippen molar-refractivity contribution in [3.05, 3.63) is 76.6 Å². The zero-order valence-corrected chi connectivity index (χ0v) is 13.3. The van der Waals surface area contributed by atoms with Crippen LogP contribution in [0.15, 0.2) is 53.8 Å². The highest BCUT2D eigenvalue weighted by atomic mass is 35.5. The van der Waals surface area contributed by atoms with Gasteiger partial charge in [0.1, 0.15) is 28.1 Å². The lowest BCUT2D eigenvalue weighted by molar-refractivity contribution is 0.0993. The van der Waals surface area contributed by atoms with Crippen LogP contribution in [0.2, 0.25) is 0 Å². The van der Waals surface area contributed by atoms with E-state index in [1.165, 1.54) is 24.3 Å². The number of nitrogens with zero attached hydrogens (tertiary/aromatic N) is 2. The first-order valence-corrected chi connectivity index (χ1v) is 7.69. The number of allylic oxidation sites excluding steroid dienone is 2. The number of ketones is 2. The number of nitrogens with one attached hydrogen (secondary N) is 1. The Morgan fingerprint density at radius 3 is 2.28 bits per heavy atom. The molecule has 0 unspecified atom stereocenters. The molecular weight excluding hydrogens is 345 g/mol. The average Bonchev–Trinajstić information content (AvgIpc) is 3.08.